The Labute approximate surface area is 201 Å². The third-order valence-electron chi connectivity index (χ3n) is 5.85. The van der Waals surface area contributed by atoms with Gasteiger partial charge in [-0.2, -0.15) is 0 Å². The zero-order chi connectivity index (χ0) is 25.0. The van der Waals surface area contributed by atoms with Gasteiger partial charge < -0.3 is 24.4 Å². The minimum Gasteiger partial charge on any atom is -0.497 e. The highest BCUT2D eigenvalue weighted by atomic mass is 32.2. The van der Waals surface area contributed by atoms with Crippen molar-refractivity contribution < 1.29 is 27.8 Å². The van der Waals surface area contributed by atoms with E-state index in [0.717, 1.165) is 0 Å². The molecular formula is C24H33N3O6S. The zero-order valence-corrected chi connectivity index (χ0v) is 21.0. The maximum absolute atomic E-state index is 13.5. The van der Waals surface area contributed by atoms with E-state index in [1.807, 2.05) is 25.9 Å². The van der Waals surface area contributed by atoms with Crippen molar-refractivity contribution in [1.82, 2.24) is 9.80 Å². The van der Waals surface area contributed by atoms with E-state index >= 15 is 0 Å². The molecule has 2 N–H and O–H groups in total. The number of sulfonamides is 1. The molecule has 1 amide bonds. The highest BCUT2D eigenvalue weighted by molar-refractivity contribution is 7.92. The van der Waals surface area contributed by atoms with E-state index in [1.165, 1.54) is 19.2 Å². The number of nitrogens with one attached hydrogen (secondary N) is 1. The predicted octanol–water partition coefficient (Wildman–Crippen LogP) is 2.28. The SMILES string of the molecule is COc1ccc(S(=O)(=O)Nc2cccc3c2O[C@@H](CN(C)C)[C@@H](C)CN([C@@H](C)CO)C3=O)cc1. The van der Waals surface area contributed by atoms with Crippen molar-refractivity contribution in [2.75, 3.05) is 45.6 Å². The molecule has 0 saturated carbocycles. The molecule has 10 heteroatoms. The van der Waals surface area contributed by atoms with Crippen molar-refractivity contribution in [2.45, 2.75) is 30.9 Å². The molecule has 1 aliphatic rings. The average molecular weight is 492 g/mol. The Bertz CT molecular complexity index is 1100. The summed E-state index contributed by atoms with van der Waals surface area (Å²) in [6.07, 6.45) is -0.318. The maximum atomic E-state index is 13.5. The van der Waals surface area contributed by atoms with Crippen LogP contribution < -0.4 is 14.2 Å². The summed E-state index contributed by atoms with van der Waals surface area (Å²) in [7, 11) is 1.39. The van der Waals surface area contributed by atoms with Crippen molar-refractivity contribution in [1.29, 1.82) is 0 Å². The Morgan fingerprint density at radius 2 is 1.91 bits per heavy atom. The molecule has 0 aromatic heterocycles. The fourth-order valence-electron chi connectivity index (χ4n) is 3.86. The lowest BCUT2D eigenvalue weighted by Gasteiger charge is -2.38. The summed E-state index contributed by atoms with van der Waals surface area (Å²) < 4.78 is 40.3. The number of anilines is 1. The number of nitrogens with zero attached hydrogens (tertiary/aromatic N) is 2. The highest BCUT2D eigenvalue weighted by Crippen LogP contribution is 2.36. The van der Waals surface area contributed by atoms with Crippen LogP contribution in [0.2, 0.25) is 0 Å². The third kappa shape index (κ3) is 5.63. The number of benzene rings is 2. The molecule has 1 aliphatic heterocycles. The Morgan fingerprint density at radius 3 is 2.50 bits per heavy atom. The van der Waals surface area contributed by atoms with E-state index in [9.17, 15) is 18.3 Å². The van der Waals surface area contributed by atoms with Crippen molar-refractivity contribution in [3.05, 3.63) is 48.0 Å². The van der Waals surface area contributed by atoms with Gasteiger partial charge in [-0.15, -0.1) is 0 Å². The number of aliphatic hydroxyl groups excluding tert-OH is 1. The van der Waals surface area contributed by atoms with Gasteiger partial charge >= 0.3 is 0 Å². The molecule has 3 atom stereocenters. The number of carbonyl (C=O) groups is 1. The molecule has 0 saturated heterocycles. The second kappa shape index (κ2) is 10.6. The Hall–Kier alpha value is -2.82. The highest BCUT2D eigenvalue weighted by Gasteiger charge is 2.34. The number of aliphatic hydroxyl groups is 1. The Morgan fingerprint density at radius 1 is 1.24 bits per heavy atom. The molecule has 0 aliphatic carbocycles. The van der Waals surface area contributed by atoms with Gasteiger partial charge in [0.15, 0.2) is 5.75 Å². The number of fused-ring (bicyclic) bond motifs is 1. The molecular weight excluding hydrogens is 458 g/mol. The number of methoxy groups -OCH3 is 1. The summed E-state index contributed by atoms with van der Waals surface area (Å²) in [5.41, 5.74) is 0.419. The lowest BCUT2D eigenvalue weighted by molar-refractivity contribution is 0.0366. The zero-order valence-electron chi connectivity index (χ0n) is 20.2. The third-order valence-corrected chi connectivity index (χ3v) is 7.23. The van der Waals surface area contributed by atoms with Crippen LogP contribution in [0.3, 0.4) is 0 Å². The lowest BCUT2D eigenvalue weighted by Crippen LogP contribution is -2.49. The molecule has 0 bridgehead atoms. The van der Waals surface area contributed by atoms with Gasteiger partial charge in [0.2, 0.25) is 0 Å². The maximum Gasteiger partial charge on any atom is 0.262 e. The summed E-state index contributed by atoms with van der Waals surface area (Å²) in [6, 6.07) is 10.4. The quantitative estimate of drug-likeness (QED) is 0.583. The van der Waals surface area contributed by atoms with Crippen LogP contribution in [-0.2, 0) is 10.0 Å². The van der Waals surface area contributed by atoms with Gasteiger partial charge in [0.25, 0.3) is 15.9 Å². The van der Waals surface area contributed by atoms with Crippen molar-refractivity contribution in [2.24, 2.45) is 5.92 Å². The van der Waals surface area contributed by atoms with Crippen LogP contribution in [0.15, 0.2) is 47.4 Å². The Kier molecular flexibility index (Phi) is 8.06. The topological polar surface area (TPSA) is 108 Å². The first-order valence-electron chi connectivity index (χ1n) is 11.1. The predicted molar refractivity (Wildman–Crippen MR) is 130 cm³/mol. The number of para-hydroxylation sites is 1. The van der Waals surface area contributed by atoms with Crippen molar-refractivity contribution in [3.8, 4) is 11.5 Å². The first kappa shape index (κ1) is 25.8. The molecule has 0 unspecified atom stereocenters. The summed E-state index contributed by atoms with van der Waals surface area (Å²) in [5, 5.41) is 9.75. The summed E-state index contributed by atoms with van der Waals surface area (Å²) in [6.45, 7) is 4.55. The van der Waals surface area contributed by atoms with Crippen LogP contribution in [0, 0.1) is 5.92 Å². The number of rotatable bonds is 8. The van der Waals surface area contributed by atoms with Gasteiger partial charge in [-0.3, -0.25) is 9.52 Å². The molecule has 186 valence electrons. The molecule has 9 nitrogen and oxygen atoms in total. The number of hydrogen-bond donors (Lipinski definition) is 2. The standard InChI is InChI=1S/C24H33N3O6S/c1-16-13-27(17(2)15-28)24(29)20-7-6-8-21(23(20)33-22(16)14-26(3)4)25-34(30,31)19-11-9-18(32-5)10-12-19/h6-12,16-17,22,25,28H,13-15H2,1-5H3/t16-,17-,22-/m0/s1. The Balaban J connectivity index is 2.07. The fraction of sp³-hybridized carbons (Fsp3) is 0.458. The van der Waals surface area contributed by atoms with E-state index < -0.39 is 16.1 Å². The molecule has 0 radical (unpaired) electrons. The molecule has 3 rings (SSSR count). The monoisotopic (exact) mass is 491 g/mol. The van der Waals surface area contributed by atoms with E-state index in [2.05, 4.69) is 4.72 Å². The largest absolute Gasteiger partial charge is 0.497 e. The number of ether oxygens (including phenoxy) is 2. The number of hydrogen-bond acceptors (Lipinski definition) is 7. The summed E-state index contributed by atoms with van der Waals surface area (Å²) in [5.74, 6) is 0.325. The van der Waals surface area contributed by atoms with Crippen LogP contribution in [0.1, 0.15) is 24.2 Å². The van der Waals surface area contributed by atoms with Crippen LogP contribution in [0.4, 0.5) is 5.69 Å². The van der Waals surface area contributed by atoms with Crippen LogP contribution in [-0.4, -0.2) is 82.3 Å². The second-order valence-corrected chi connectivity index (χ2v) is 10.5. The van der Waals surface area contributed by atoms with Gasteiger partial charge in [-0.05, 0) is 57.4 Å². The lowest BCUT2D eigenvalue weighted by atomic mass is 9.99. The first-order valence-corrected chi connectivity index (χ1v) is 12.6. The molecule has 2 aromatic carbocycles. The molecule has 0 fully saturated rings. The fourth-order valence-corrected chi connectivity index (χ4v) is 4.92. The smallest absolute Gasteiger partial charge is 0.262 e. The molecule has 34 heavy (non-hydrogen) atoms. The summed E-state index contributed by atoms with van der Waals surface area (Å²) >= 11 is 0. The summed E-state index contributed by atoms with van der Waals surface area (Å²) in [4.78, 5) is 17.1. The number of carbonyl (C=O) groups excluding carboxylic acids is 1. The number of likely N-dealkylation sites (N-methyl/N-ethyl adjacent to an activating group) is 1. The van der Waals surface area contributed by atoms with Gasteiger partial charge in [0.1, 0.15) is 11.9 Å². The molecule has 2 aromatic rings. The van der Waals surface area contributed by atoms with Crippen molar-refractivity contribution in [3.63, 3.8) is 0 Å². The molecule has 1 heterocycles. The van der Waals surface area contributed by atoms with E-state index in [1.54, 1.807) is 42.2 Å². The van der Waals surface area contributed by atoms with Gasteiger partial charge in [-0.25, -0.2) is 8.42 Å². The van der Waals surface area contributed by atoms with Gasteiger partial charge in [0.05, 0.1) is 35.9 Å². The van der Waals surface area contributed by atoms with E-state index in [-0.39, 0.29) is 46.4 Å². The normalized spacial score (nSPS) is 19.6. The number of amides is 1. The van der Waals surface area contributed by atoms with Gasteiger partial charge in [-0.1, -0.05) is 13.0 Å². The average Bonchev–Trinajstić information content (AvgIpc) is 2.80. The van der Waals surface area contributed by atoms with E-state index in [4.69, 9.17) is 9.47 Å². The minimum absolute atomic E-state index is 0.0526. The molecule has 0 spiro atoms. The van der Waals surface area contributed by atoms with Gasteiger partial charge in [0, 0.05) is 19.0 Å². The minimum atomic E-state index is -3.96. The second-order valence-electron chi connectivity index (χ2n) is 8.85. The van der Waals surface area contributed by atoms with Crippen LogP contribution >= 0.6 is 0 Å². The van der Waals surface area contributed by atoms with Crippen LogP contribution in [0.5, 0.6) is 11.5 Å². The van der Waals surface area contributed by atoms with Crippen molar-refractivity contribution >= 4 is 21.6 Å². The van der Waals surface area contributed by atoms with Crippen LogP contribution in [0.25, 0.3) is 0 Å². The van der Waals surface area contributed by atoms with E-state index in [0.29, 0.717) is 18.8 Å². The first-order chi connectivity index (χ1) is 16.1.